The number of sulfone groups is 1. The molecule has 22 heavy (non-hydrogen) atoms. The highest BCUT2D eigenvalue weighted by molar-refractivity contribution is 8.00. The van der Waals surface area contributed by atoms with E-state index in [1.54, 1.807) is 24.6 Å². The van der Waals surface area contributed by atoms with E-state index in [0.717, 1.165) is 0 Å². The second-order valence-electron chi connectivity index (χ2n) is 5.29. The fourth-order valence-electron chi connectivity index (χ4n) is 2.31. The van der Waals surface area contributed by atoms with Crippen molar-refractivity contribution in [3.05, 3.63) is 18.5 Å². The summed E-state index contributed by atoms with van der Waals surface area (Å²) in [7, 11) is -1.16. The van der Waals surface area contributed by atoms with E-state index in [0.29, 0.717) is 23.9 Å². The van der Waals surface area contributed by atoms with Gasteiger partial charge in [-0.15, -0.1) is 16.8 Å². The molecule has 2 atom stereocenters. The van der Waals surface area contributed by atoms with Gasteiger partial charge in [0.2, 0.25) is 5.91 Å². The molecule has 2 heterocycles. The molecule has 0 spiro atoms. The molecule has 1 aromatic rings. The van der Waals surface area contributed by atoms with Gasteiger partial charge in [0.25, 0.3) is 0 Å². The van der Waals surface area contributed by atoms with Gasteiger partial charge in [-0.1, -0.05) is 17.8 Å². The standard InChI is InChI=1S/C13H20N4O3S2/c1-4-6-14-12(18)9(2)21-13-16-15-11(17(13)3)10-5-7-22(19,20)8-10/h4,9-10H,1,5-8H2,2-3H3,(H,14,18)/t9-,10+/m1/s1. The molecule has 0 aliphatic carbocycles. The van der Waals surface area contributed by atoms with Crippen LogP contribution in [0.2, 0.25) is 0 Å². The molecular weight excluding hydrogens is 324 g/mol. The van der Waals surface area contributed by atoms with Gasteiger partial charge in [-0.2, -0.15) is 0 Å². The Labute approximate surface area is 134 Å². The Morgan fingerprint density at radius 3 is 2.91 bits per heavy atom. The van der Waals surface area contributed by atoms with Crippen LogP contribution in [0.15, 0.2) is 17.8 Å². The lowest BCUT2D eigenvalue weighted by Crippen LogP contribution is -2.31. The summed E-state index contributed by atoms with van der Waals surface area (Å²) in [5, 5.41) is 11.2. The van der Waals surface area contributed by atoms with Gasteiger partial charge in [-0.25, -0.2) is 8.42 Å². The third-order valence-electron chi connectivity index (χ3n) is 3.54. The lowest BCUT2D eigenvalue weighted by Gasteiger charge is -2.11. The molecule has 0 unspecified atom stereocenters. The number of rotatable bonds is 6. The lowest BCUT2D eigenvalue weighted by molar-refractivity contribution is -0.120. The van der Waals surface area contributed by atoms with Crippen molar-refractivity contribution in [2.75, 3.05) is 18.1 Å². The van der Waals surface area contributed by atoms with Gasteiger partial charge in [0.15, 0.2) is 15.0 Å². The molecule has 1 aliphatic rings. The van der Waals surface area contributed by atoms with E-state index in [-0.39, 0.29) is 28.6 Å². The van der Waals surface area contributed by atoms with Crippen LogP contribution in [0, 0.1) is 0 Å². The molecule has 1 saturated heterocycles. The number of carbonyl (C=O) groups excluding carboxylic acids is 1. The van der Waals surface area contributed by atoms with Crippen LogP contribution in [-0.2, 0) is 21.7 Å². The summed E-state index contributed by atoms with van der Waals surface area (Å²) in [6, 6.07) is 0. The van der Waals surface area contributed by atoms with E-state index in [4.69, 9.17) is 0 Å². The highest BCUT2D eigenvalue weighted by atomic mass is 32.2. The van der Waals surface area contributed by atoms with Gasteiger partial charge in [-0.3, -0.25) is 4.79 Å². The average molecular weight is 344 g/mol. The quantitative estimate of drug-likeness (QED) is 0.596. The Morgan fingerprint density at radius 2 is 2.32 bits per heavy atom. The van der Waals surface area contributed by atoms with Crippen molar-refractivity contribution < 1.29 is 13.2 Å². The summed E-state index contributed by atoms with van der Waals surface area (Å²) < 4.78 is 24.9. The number of thioether (sulfide) groups is 1. The first-order valence-corrected chi connectivity index (χ1v) is 9.69. The maximum atomic E-state index is 11.8. The fourth-order valence-corrected chi connectivity index (χ4v) is 4.90. The summed E-state index contributed by atoms with van der Waals surface area (Å²) in [4.78, 5) is 11.8. The zero-order valence-corrected chi connectivity index (χ0v) is 14.3. The van der Waals surface area contributed by atoms with Crippen LogP contribution < -0.4 is 5.32 Å². The third kappa shape index (κ3) is 3.89. The molecule has 1 aromatic heterocycles. The van der Waals surface area contributed by atoms with Crippen LogP contribution in [0.25, 0.3) is 0 Å². The van der Waals surface area contributed by atoms with E-state index in [9.17, 15) is 13.2 Å². The van der Waals surface area contributed by atoms with Crippen molar-refractivity contribution in [2.24, 2.45) is 7.05 Å². The molecule has 0 radical (unpaired) electrons. The zero-order valence-electron chi connectivity index (χ0n) is 12.7. The molecule has 0 bridgehead atoms. The molecular formula is C13H20N4O3S2. The number of nitrogens with zero attached hydrogens (tertiary/aromatic N) is 3. The van der Waals surface area contributed by atoms with Crippen LogP contribution in [-0.4, -0.2) is 52.4 Å². The van der Waals surface area contributed by atoms with E-state index < -0.39 is 9.84 Å². The smallest absolute Gasteiger partial charge is 0.233 e. The molecule has 9 heteroatoms. The van der Waals surface area contributed by atoms with Gasteiger partial charge < -0.3 is 9.88 Å². The van der Waals surface area contributed by atoms with E-state index >= 15 is 0 Å². The molecule has 1 fully saturated rings. The third-order valence-corrected chi connectivity index (χ3v) is 6.44. The second kappa shape index (κ2) is 6.82. The van der Waals surface area contributed by atoms with Crippen molar-refractivity contribution in [1.82, 2.24) is 20.1 Å². The van der Waals surface area contributed by atoms with Gasteiger partial charge in [-0.05, 0) is 13.3 Å². The predicted molar refractivity (Wildman–Crippen MR) is 85.5 cm³/mol. The highest BCUT2D eigenvalue weighted by Gasteiger charge is 2.32. The van der Waals surface area contributed by atoms with E-state index in [2.05, 4.69) is 22.1 Å². The topological polar surface area (TPSA) is 94.0 Å². The SMILES string of the molecule is C=CCNC(=O)[C@@H](C)Sc1nnc([C@H]2CCS(=O)(=O)C2)n1C. The van der Waals surface area contributed by atoms with Crippen LogP contribution >= 0.6 is 11.8 Å². The Hall–Kier alpha value is -1.35. The number of carbonyl (C=O) groups is 1. The van der Waals surface area contributed by atoms with E-state index in [1.165, 1.54) is 11.8 Å². The second-order valence-corrected chi connectivity index (χ2v) is 8.83. The minimum absolute atomic E-state index is 0.0992. The predicted octanol–water partition coefficient (Wildman–Crippen LogP) is 0.500. The number of amides is 1. The van der Waals surface area contributed by atoms with Crippen LogP contribution in [0.3, 0.4) is 0 Å². The lowest BCUT2D eigenvalue weighted by atomic mass is 10.1. The zero-order chi connectivity index (χ0) is 16.3. The van der Waals surface area contributed by atoms with Gasteiger partial charge in [0.1, 0.15) is 5.82 Å². The Balaban J connectivity index is 2.05. The Bertz CT molecular complexity index is 669. The first kappa shape index (κ1) is 17.0. The first-order valence-electron chi connectivity index (χ1n) is 6.99. The summed E-state index contributed by atoms with van der Waals surface area (Å²) in [5.41, 5.74) is 0. The highest BCUT2D eigenvalue weighted by Crippen LogP contribution is 2.30. The number of nitrogens with one attached hydrogen (secondary N) is 1. The minimum atomic E-state index is -2.96. The van der Waals surface area contributed by atoms with Crippen molar-refractivity contribution in [3.8, 4) is 0 Å². The average Bonchev–Trinajstić information content (AvgIpc) is 2.99. The maximum absolute atomic E-state index is 11.8. The van der Waals surface area contributed by atoms with Crippen LogP contribution in [0.5, 0.6) is 0 Å². The minimum Gasteiger partial charge on any atom is -0.352 e. The van der Waals surface area contributed by atoms with E-state index in [1.807, 2.05) is 0 Å². The Morgan fingerprint density at radius 1 is 1.59 bits per heavy atom. The summed E-state index contributed by atoms with van der Waals surface area (Å²) >= 11 is 1.30. The van der Waals surface area contributed by atoms with Crippen molar-refractivity contribution in [1.29, 1.82) is 0 Å². The normalized spacial score (nSPS) is 21.5. The monoisotopic (exact) mass is 344 g/mol. The van der Waals surface area contributed by atoms with Crippen molar-refractivity contribution in [3.63, 3.8) is 0 Å². The van der Waals surface area contributed by atoms with Crippen molar-refractivity contribution >= 4 is 27.5 Å². The molecule has 0 aromatic carbocycles. The molecule has 1 N–H and O–H groups in total. The van der Waals surface area contributed by atoms with Crippen molar-refractivity contribution in [2.45, 2.75) is 29.7 Å². The summed E-state index contributed by atoms with van der Waals surface area (Å²) in [5.74, 6) is 0.786. The fraction of sp³-hybridized carbons (Fsp3) is 0.615. The van der Waals surface area contributed by atoms with Gasteiger partial charge in [0.05, 0.1) is 16.8 Å². The summed E-state index contributed by atoms with van der Waals surface area (Å²) in [6.45, 7) is 5.77. The van der Waals surface area contributed by atoms with Crippen LogP contribution in [0.1, 0.15) is 25.1 Å². The first-order chi connectivity index (χ1) is 10.3. The Kier molecular flexibility index (Phi) is 5.28. The largest absolute Gasteiger partial charge is 0.352 e. The summed E-state index contributed by atoms with van der Waals surface area (Å²) in [6.07, 6.45) is 2.20. The molecule has 2 rings (SSSR count). The number of aromatic nitrogens is 3. The van der Waals surface area contributed by atoms with Gasteiger partial charge in [0, 0.05) is 19.5 Å². The van der Waals surface area contributed by atoms with Crippen LogP contribution in [0.4, 0.5) is 0 Å². The molecule has 1 aliphatic heterocycles. The number of hydrogen-bond donors (Lipinski definition) is 1. The molecule has 1 amide bonds. The maximum Gasteiger partial charge on any atom is 0.233 e. The molecule has 122 valence electrons. The number of hydrogen-bond acceptors (Lipinski definition) is 6. The van der Waals surface area contributed by atoms with Gasteiger partial charge >= 0.3 is 0 Å². The molecule has 0 saturated carbocycles. The molecule has 7 nitrogen and oxygen atoms in total.